The van der Waals surface area contributed by atoms with Crippen molar-refractivity contribution >= 4 is 22.0 Å². The predicted octanol–water partition coefficient (Wildman–Crippen LogP) is 0.988. The molecule has 0 bridgehead atoms. The highest BCUT2D eigenvalue weighted by Gasteiger charge is 2.17. The summed E-state index contributed by atoms with van der Waals surface area (Å²) in [6.45, 7) is 1.89. The molecule has 0 spiro atoms. The number of nitrogens with one attached hydrogen (secondary N) is 1. The monoisotopic (exact) mass is 211 g/mol. The molecule has 0 aliphatic heterocycles. The van der Waals surface area contributed by atoms with E-state index in [9.17, 15) is 4.55 Å². The van der Waals surface area contributed by atoms with Crippen LogP contribution in [0, 0.1) is 12.3 Å². The summed E-state index contributed by atoms with van der Waals surface area (Å²) in [6, 6.07) is 7.39. The summed E-state index contributed by atoms with van der Waals surface area (Å²) in [5.74, 6) is 5.66. The van der Waals surface area contributed by atoms with Crippen molar-refractivity contribution in [3.8, 4) is 0 Å². The number of aryl methyl sites for hydroxylation is 1. The molecule has 3 N–H and O–H groups in total. The number of para-hydroxylation sites is 1. The smallest absolute Gasteiger partial charge is 0.330 e. The molecule has 0 saturated heterocycles. The minimum atomic E-state index is -1.36. The van der Waals surface area contributed by atoms with Crippen LogP contribution in [-0.2, 0) is 11.2 Å². The number of nitrogens with two attached hydrogens (primary N) is 1. The fourth-order valence-corrected chi connectivity index (χ4v) is 1.46. The van der Waals surface area contributed by atoms with Crippen molar-refractivity contribution in [2.45, 2.75) is 6.92 Å². The van der Waals surface area contributed by atoms with E-state index in [1.165, 1.54) is 6.26 Å². The van der Waals surface area contributed by atoms with Gasteiger partial charge in [0.05, 0.1) is 5.69 Å². The summed E-state index contributed by atoms with van der Waals surface area (Å²) in [6.07, 6.45) is 1.43. The van der Waals surface area contributed by atoms with Crippen LogP contribution >= 0.6 is 0 Å². The second-order valence-electron chi connectivity index (χ2n) is 2.92. The van der Waals surface area contributed by atoms with E-state index in [2.05, 4.69) is 0 Å². The average molecular weight is 211 g/mol. The maximum absolute atomic E-state index is 11.0. The van der Waals surface area contributed by atoms with Crippen molar-refractivity contribution < 1.29 is 4.55 Å². The van der Waals surface area contributed by atoms with Crippen molar-refractivity contribution in [1.29, 1.82) is 5.41 Å². The Balaban J connectivity index is 2.95. The molecule has 0 heterocycles. The number of rotatable bonds is 1. The lowest BCUT2D eigenvalue weighted by atomic mass is 10.2. The molecule has 0 aliphatic rings. The standard InChI is InChI=1S/C9H13N3OS/c1-7-5-3-4-6-8(7)12(11)9(10)14(2)13/h3-6,10H,11H2,1-2H3. The van der Waals surface area contributed by atoms with Gasteiger partial charge in [0.2, 0.25) is 0 Å². The fourth-order valence-electron chi connectivity index (χ4n) is 1.08. The summed E-state index contributed by atoms with van der Waals surface area (Å²) in [4.78, 5) is 0. The molecule has 0 radical (unpaired) electrons. The number of benzene rings is 1. The van der Waals surface area contributed by atoms with Crippen LogP contribution in [0.4, 0.5) is 5.69 Å². The first-order chi connectivity index (χ1) is 6.54. The van der Waals surface area contributed by atoms with Gasteiger partial charge in [0.1, 0.15) is 6.26 Å². The Bertz CT molecular complexity index is 341. The molecule has 1 rings (SSSR count). The Morgan fingerprint density at radius 3 is 2.57 bits per heavy atom. The number of amidine groups is 1. The molecule has 0 aliphatic carbocycles. The van der Waals surface area contributed by atoms with E-state index in [1.807, 2.05) is 25.1 Å². The lowest BCUT2D eigenvalue weighted by Crippen LogP contribution is -2.41. The lowest BCUT2D eigenvalue weighted by Gasteiger charge is -2.19. The summed E-state index contributed by atoms with van der Waals surface area (Å²) >= 11 is -1.36. The van der Waals surface area contributed by atoms with Crippen molar-refractivity contribution in [3.63, 3.8) is 0 Å². The normalized spacial score (nSPS) is 12.3. The molecular weight excluding hydrogens is 198 g/mol. The molecule has 5 heteroatoms. The van der Waals surface area contributed by atoms with E-state index in [4.69, 9.17) is 11.3 Å². The van der Waals surface area contributed by atoms with E-state index in [0.29, 0.717) is 5.69 Å². The maximum atomic E-state index is 11.0. The third kappa shape index (κ3) is 2.25. The first-order valence-electron chi connectivity index (χ1n) is 4.06. The molecule has 1 atom stereocenters. The maximum Gasteiger partial charge on any atom is 0.330 e. The summed E-state index contributed by atoms with van der Waals surface area (Å²) < 4.78 is 11.0. The van der Waals surface area contributed by atoms with Crippen LogP contribution in [0.3, 0.4) is 0 Å². The van der Waals surface area contributed by atoms with E-state index >= 15 is 0 Å². The van der Waals surface area contributed by atoms with Crippen molar-refractivity contribution in [2.75, 3.05) is 11.3 Å². The van der Waals surface area contributed by atoms with E-state index in [-0.39, 0.29) is 5.17 Å². The zero-order valence-electron chi connectivity index (χ0n) is 8.15. The summed E-state index contributed by atoms with van der Waals surface area (Å²) in [5.41, 5.74) is 1.65. The molecular formula is C9H13N3OS. The average Bonchev–Trinajstić information content (AvgIpc) is 2.16. The number of nitrogens with zero attached hydrogens (tertiary/aromatic N) is 1. The minimum absolute atomic E-state index is 0.0979. The van der Waals surface area contributed by atoms with Gasteiger partial charge in [0.15, 0.2) is 0 Å². The number of hydrogen-bond acceptors (Lipinski definition) is 3. The zero-order chi connectivity index (χ0) is 10.7. The zero-order valence-corrected chi connectivity index (χ0v) is 8.97. The first-order valence-corrected chi connectivity index (χ1v) is 5.62. The van der Waals surface area contributed by atoms with E-state index < -0.39 is 11.2 Å². The highest BCUT2D eigenvalue weighted by Crippen LogP contribution is 2.17. The third-order valence-corrected chi connectivity index (χ3v) is 2.61. The Labute approximate surface area is 86.4 Å². The molecule has 76 valence electrons. The Hall–Kier alpha value is -1.04. The SMILES string of the molecule is Cc1ccccc1N(N)C(=N)[S+](C)[O-]. The molecule has 0 amide bonds. The van der Waals surface area contributed by atoms with Crippen LogP contribution in [0.25, 0.3) is 0 Å². The van der Waals surface area contributed by atoms with Gasteiger partial charge in [-0.05, 0) is 18.6 Å². The number of anilines is 1. The number of hydrazine groups is 1. The van der Waals surface area contributed by atoms with Gasteiger partial charge in [-0.3, -0.25) is 0 Å². The molecule has 1 unspecified atom stereocenters. The highest BCUT2D eigenvalue weighted by molar-refractivity contribution is 8.05. The lowest BCUT2D eigenvalue weighted by molar-refractivity contribution is 0.610. The van der Waals surface area contributed by atoms with Crippen LogP contribution in [0.1, 0.15) is 5.56 Å². The van der Waals surface area contributed by atoms with Gasteiger partial charge in [0.25, 0.3) is 0 Å². The van der Waals surface area contributed by atoms with Gasteiger partial charge in [-0.15, -0.1) is 0 Å². The van der Waals surface area contributed by atoms with Crippen LogP contribution < -0.4 is 10.9 Å². The molecule has 1 aromatic rings. The second-order valence-corrected chi connectivity index (χ2v) is 4.21. The van der Waals surface area contributed by atoms with Crippen molar-refractivity contribution in [3.05, 3.63) is 29.8 Å². The van der Waals surface area contributed by atoms with Gasteiger partial charge < -0.3 is 4.55 Å². The molecule has 14 heavy (non-hydrogen) atoms. The van der Waals surface area contributed by atoms with E-state index in [0.717, 1.165) is 10.6 Å². The third-order valence-electron chi connectivity index (χ3n) is 1.87. The summed E-state index contributed by atoms with van der Waals surface area (Å²) in [7, 11) is 0. The van der Waals surface area contributed by atoms with Gasteiger partial charge in [-0.25, -0.2) is 16.3 Å². The van der Waals surface area contributed by atoms with Gasteiger partial charge in [-0.2, -0.15) is 0 Å². The first kappa shape index (κ1) is 11.0. The minimum Gasteiger partial charge on any atom is -0.609 e. The Morgan fingerprint density at radius 1 is 1.50 bits per heavy atom. The highest BCUT2D eigenvalue weighted by atomic mass is 32.2. The molecule has 4 nitrogen and oxygen atoms in total. The Morgan fingerprint density at radius 2 is 2.07 bits per heavy atom. The molecule has 1 aromatic carbocycles. The molecule has 0 aromatic heterocycles. The van der Waals surface area contributed by atoms with Crippen molar-refractivity contribution in [1.82, 2.24) is 0 Å². The van der Waals surface area contributed by atoms with Crippen LogP contribution in [-0.4, -0.2) is 16.0 Å². The van der Waals surface area contributed by atoms with Gasteiger partial charge in [-0.1, -0.05) is 18.2 Å². The fraction of sp³-hybridized carbons (Fsp3) is 0.222. The summed E-state index contributed by atoms with van der Waals surface area (Å²) in [5, 5.41) is 8.53. The van der Waals surface area contributed by atoms with Crippen LogP contribution in [0.2, 0.25) is 0 Å². The van der Waals surface area contributed by atoms with Gasteiger partial charge >= 0.3 is 5.17 Å². The molecule has 0 saturated carbocycles. The van der Waals surface area contributed by atoms with Crippen LogP contribution in [0.15, 0.2) is 24.3 Å². The molecule has 0 fully saturated rings. The van der Waals surface area contributed by atoms with Crippen molar-refractivity contribution in [2.24, 2.45) is 5.84 Å². The number of hydrogen-bond donors (Lipinski definition) is 2. The topological polar surface area (TPSA) is 76.2 Å². The second kappa shape index (κ2) is 4.45. The predicted molar refractivity (Wildman–Crippen MR) is 59.6 cm³/mol. The van der Waals surface area contributed by atoms with Crippen LogP contribution in [0.5, 0.6) is 0 Å². The van der Waals surface area contributed by atoms with E-state index in [1.54, 1.807) is 6.07 Å². The largest absolute Gasteiger partial charge is 0.609 e. The quantitative estimate of drug-likeness (QED) is 0.239. The Kier molecular flexibility index (Phi) is 3.51. The van der Waals surface area contributed by atoms with Gasteiger partial charge in [0, 0.05) is 11.2 Å².